The summed E-state index contributed by atoms with van der Waals surface area (Å²) in [6.07, 6.45) is 5.99. The summed E-state index contributed by atoms with van der Waals surface area (Å²) in [4.78, 5) is 6.39. The summed E-state index contributed by atoms with van der Waals surface area (Å²) in [5, 5.41) is 0. The van der Waals surface area contributed by atoms with Crippen molar-refractivity contribution in [2.75, 3.05) is 26.2 Å². The van der Waals surface area contributed by atoms with Gasteiger partial charge in [-0.05, 0) is 50.8 Å². The SMILES string of the molecule is CC1CCN(C2CCN([S+]([O-])c3cccnc3F)CC2)CC1. The lowest BCUT2D eigenvalue weighted by Crippen LogP contribution is -2.48. The van der Waals surface area contributed by atoms with E-state index in [-0.39, 0.29) is 4.90 Å². The van der Waals surface area contributed by atoms with Gasteiger partial charge in [0.15, 0.2) is 0 Å². The average Bonchev–Trinajstić information content (AvgIpc) is 2.56. The molecule has 3 heterocycles. The van der Waals surface area contributed by atoms with Gasteiger partial charge in [-0.25, -0.2) is 4.98 Å². The van der Waals surface area contributed by atoms with E-state index in [2.05, 4.69) is 16.8 Å². The third-order valence-corrected chi connectivity index (χ3v) is 6.42. The molecule has 1 atom stereocenters. The third-order valence-electron chi connectivity index (χ3n) is 4.91. The standard InChI is InChI=1S/C16H24FN3OS/c1-13-4-9-19(10-5-13)14-6-11-20(12-7-14)22(21)15-3-2-8-18-16(15)17/h2-3,8,13-14H,4-7,9-12H2,1H3. The van der Waals surface area contributed by atoms with Crippen molar-refractivity contribution in [3.05, 3.63) is 24.3 Å². The summed E-state index contributed by atoms with van der Waals surface area (Å²) < 4.78 is 28.0. The molecule has 0 N–H and O–H groups in total. The van der Waals surface area contributed by atoms with E-state index in [4.69, 9.17) is 0 Å². The molecular formula is C16H24FN3OS. The van der Waals surface area contributed by atoms with E-state index in [9.17, 15) is 8.94 Å². The van der Waals surface area contributed by atoms with Gasteiger partial charge in [-0.1, -0.05) is 6.92 Å². The fourth-order valence-electron chi connectivity index (χ4n) is 3.41. The van der Waals surface area contributed by atoms with Gasteiger partial charge in [-0.15, -0.1) is 4.31 Å². The van der Waals surface area contributed by atoms with Gasteiger partial charge < -0.3 is 9.45 Å². The molecule has 2 saturated heterocycles. The van der Waals surface area contributed by atoms with Crippen molar-refractivity contribution in [3.63, 3.8) is 0 Å². The highest BCUT2D eigenvalue weighted by Crippen LogP contribution is 2.26. The van der Waals surface area contributed by atoms with Gasteiger partial charge in [0.1, 0.15) is 0 Å². The number of rotatable bonds is 3. The molecule has 1 unspecified atom stereocenters. The normalized spacial score (nSPS) is 24.5. The second kappa shape index (κ2) is 7.25. The number of pyridine rings is 1. The second-order valence-electron chi connectivity index (χ2n) is 6.42. The molecule has 2 aliphatic rings. The Hall–Kier alpha value is -0.690. The summed E-state index contributed by atoms with van der Waals surface area (Å²) in [7, 11) is 0. The molecule has 0 aliphatic carbocycles. The Balaban J connectivity index is 1.54. The smallest absolute Gasteiger partial charge is 0.270 e. The van der Waals surface area contributed by atoms with Crippen molar-refractivity contribution in [2.45, 2.75) is 43.5 Å². The quantitative estimate of drug-likeness (QED) is 0.632. The van der Waals surface area contributed by atoms with E-state index in [0.717, 1.165) is 31.8 Å². The zero-order valence-electron chi connectivity index (χ0n) is 13.1. The maximum absolute atomic E-state index is 13.7. The van der Waals surface area contributed by atoms with Crippen LogP contribution in [-0.2, 0) is 11.4 Å². The lowest BCUT2D eigenvalue weighted by atomic mass is 9.95. The predicted molar refractivity (Wildman–Crippen MR) is 85.2 cm³/mol. The van der Waals surface area contributed by atoms with Gasteiger partial charge in [-0.2, -0.15) is 4.39 Å². The van der Waals surface area contributed by atoms with Crippen LogP contribution in [0.15, 0.2) is 23.2 Å². The number of hydrogen-bond acceptors (Lipinski definition) is 4. The van der Waals surface area contributed by atoms with Crippen LogP contribution >= 0.6 is 0 Å². The minimum absolute atomic E-state index is 0.202. The number of halogens is 1. The summed E-state index contributed by atoms with van der Waals surface area (Å²) in [5.74, 6) is 0.227. The van der Waals surface area contributed by atoms with E-state index in [1.54, 1.807) is 12.1 Å². The zero-order chi connectivity index (χ0) is 15.5. The van der Waals surface area contributed by atoms with Crippen molar-refractivity contribution in [2.24, 2.45) is 5.92 Å². The van der Waals surface area contributed by atoms with Crippen LogP contribution in [0, 0.1) is 11.9 Å². The molecule has 0 bridgehead atoms. The van der Waals surface area contributed by atoms with Crippen molar-refractivity contribution < 1.29 is 8.94 Å². The molecule has 1 aromatic rings. The lowest BCUT2D eigenvalue weighted by Gasteiger charge is -2.40. The van der Waals surface area contributed by atoms with Gasteiger partial charge in [0.05, 0.1) is 11.4 Å². The van der Waals surface area contributed by atoms with Crippen LogP contribution in [0.4, 0.5) is 4.39 Å². The number of likely N-dealkylation sites (tertiary alicyclic amines) is 1. The Kier molecular flexibility index (Phi) is 5.33. The summed E-state index contributed by atoms with van der Waals surface area (Å²) in [6, 6.07) is 3.80. The Morgan fingerprint density at radius 2 is 1.86 bits per heavy atom. The van der Waals surface area contributed by atoms with E-state index in [1.165, 1.54) is 32.1 Å². The van der Waals surface area contributed by atoms with Crippen molar-refractivity contribution in [1.82, 2.24) is 14.2 Å². The van der Waals surface area contributed by atoms with E-state index in [1.807, 2.05) is 4.31 Å². The topological polar surface area (TPSA) is 42.4 Å². The minimum Gasteiger partial charge on any atom is -0.593 e. The Labute approximate surface area is 135 Å². The van der Waals surface area contributed by atoms with Crippen molar-refractivity contribution in [1.29, 1.82) is 0 Å². The first-order valence-electron chi connectivity index (χ1n) is 8.16. The number of nitrogens with zero attached hydrogens (tertiary/aromatic N) is 3. The predicted octanol–water partition coefficient (Wildman–Crippen LogP) is 2.44. The van der Waals surface area contributed by atoms with Crippen molar-refractivity contribution in [3.8, 4) is 0 Å². The molecule has 0 aromatic carbocycles. The molecule has 22 heavy (non-hydrogen) atoms. The van der Waals surface area contributed by atoms with Gasteiger partial charge in [-0.3, -0.25) is 0 Å². The number of aromatic nitrogens is 1. The van der Waals surface area contributed by atoms with E-state index >= 15 is 0 Å². The van der Waals surface area contributed by atoms with Crippen LogP contribution in [0.5, 0.6) is 0 Å². The molecule has 0 saturated carbocycles. The summed E-state index contributed by atoms with van der Waals surface area (Å²) in [5.41, 5.74) is 0. The minimum atomic E-state index is -1.43. The Morgan fingerprint density at radius 1 is 1.18 bits per heavy atom. The van der Waals surface area contributed by atoms with Gasteiger partial charge in [0.25, 0.3) is 5.95 Å². The maximum atomic E-state index is 13.7. The monoisotopic (exact) mass is 325 g/mol. The van der Waals surface area contributed by atoms with Crippen LogP contribution in [0.1, 0.15) is 32.6 Å². The molecule has 0 amide bonds. The highest BCUT2D eigenvalue weighted by molar-refractivity contribution is 7.89. The van der Waals surface area contributed by atoms with Crippen LogP contribution in [0.3, 0.4) is 0 Å². The number of hydrogen-bond donors (Lipinski definition) is 0. The molecule has 6 heteroatoms. The molecule has 2 fully saturated rings. The highest BCUT2D eigenvalue weighted by atomic mass is 32.2. The molecule has 2 aliphatic heterocycles. The van der Waals surface area contributed by atoms with Crippen molar-refractivity contribution >= 4 is 11.4 Å². The van der Waals surface area contributed by atoms with E-state index < -0.39 is 17.3 Å². The molecule has 3 rings (SSSR count). The molecule has 1 aromatic heterocycles. The first-order valence-corrected chi connectivity index (χ1v) is 9.27. The average molecular weight is 325 g/mol. The van der Waals surface area contributed by atoms with Crippen LogP contribution in [0.25, 0.3) is 0 Å². The zero-order valence-corrected chi connectivity index (χ0v) is 13.9. The molecule has 4 nitrogen and oxygen atoms in total. The molecule has 0 radical (unpaired) electrons. The number of piperidine rings is 2. The van der Waals surface area contributed by atoms with Gasteiger partial charge >= 0.3 is 0 Å². The largest absolute Gasteiger partial charge is 0.593 e. The lowest BCUT2D eigenvalue weighted by molar-refractivity contribution is 0.101. The summed E-state index contributed by atoms with van der Waals surface area (Å²) >= 11 is -1.43. The van der Waals surface area contributed by atoms with Crippen LogP contribution in [0.2, 0.25) is 0 Å². The Morgan fingerprint density at radius 3 is 2.50 bits per heavy atom. The molecule has 122 valence electrons. The fraction of sp³-hybridized carbons (Fsp3) is 0.688. The third kappa shape index (κ3) is 3.62. The first-order chi connectivity index (χ1) is 10.6. The fourth-order valence-corrected chi connectivity index (χ4v) is 4.62. The highest BCUT2D eigenvalue weighted by Gasteiger charge is 2.33. The van der Waals surface area contributed by atoms with Crippen LogP contribution < -0.4 is 0 Å². The molecule has 0 spiro atoms. The van der Waals surface area contributed by atoms with Gasteiger partial charge in [0, 0.05) is 31.4 Å². The first kappa shape index (κ1) is 16.2. The van der Waals surface area contributed by atoms with E-state index in [0.29, 0.717) is 6.04 Å². The Bertz CT molecular complexity index is 488. The van der Waals surface area contributed by atoms with Crippen LogP contribution in [-0.4, -0.2) is 51.0 Å². The second-order valence-corrected chi connectivity index (χ2v) is 7.87. The maximum Gasteiger partial charge on any atom is 0.270 e. The molecular weight excluding hydrogens is 301 g/mol. The summed E-state index contributed by atoms with van der Waals surface area (Å²) in [6.45, 7) is 6.22. The van der Waals surface area contributed by atoms with Gasteiger partial charge in [0.2, 0.25) is 4.90 Å².